The fourth-order valence-corrected chi connectivity index (χ4v) is 9.33. The second kappa shape index (κ2) is 15.7. The van der Waals surface area contributed by atoms with E-state index in [0.717, 1.165) is 77.9 Å². The van der Waals surface area contributed by atoms with Gasteiger partial charge in [0.15, 0.2) is 0 Å². The summed E-state index contributed by atoms with van der Waals surface area (Å²) in [7, 11) is -1.26. The van der Waals surface area contributed by atoms with Gasteiger partial charge in [0.05, 0.1) is 34.0 Å². The number of carboxylic acid groups (broad SMARTS) is 1. The highest BCUT2D eigenvalue weighted by Crippen LogP contribution is 2.46. The third kappa shape index (κ3) is 7.74. The maximum absolute atomic E-state index is 15.2. The van der Waals surface area contributed by atoms with Crippen molar-refractivity contribution in [2.75, 3.05) is 24.7 Å². The fraction of sp³-hybridized carbons (Fsp3) is 0.386. The number of carboxylic acids is 1. The monoisotopic (exact) mass is 827 g/mol. The molecule has 300 valence electrons. The number of aromatic amines is 1. The molecule has 6 aromatic rings. The fourth-order valence-electron chi connectivity index (χ4n) is 8.21. The highest BCUT2D eigenvalue weighted by molar-refractivity contribution is 6.76. The molecular weight excluding hydrogens is 778 g/mol. The van der Waals surface area contributed by atoms with Crippen LogP contribution < -0.4 is 9.64 Å². The highest BCUT2D eigenvalue weighted by Gasteiger charge is 2.37. The Labute approximate surface area is 344 Å². The topological polar surface area (TPSA) is 115 Å². The largest absolute Gasteiger partial charge is 0.494 e. The van der Waals surface area contributed by atoms with Crippen LogP contribution in [0.4, 0.5) is 5.69 Å². The number of benzene rings is 3. The van der Waals surface area contributed by atoms with Crippen LogP contribution in [0, 0.1) is 34.6 Å². The number of ether oxygens (including phenoxy) is 2. The van der Waals surface area contributed by atoms with Crippen molar-refractivity contribution in [1.29, 1.82) is 0 Å². The first-order valence-electron chi connectivity index (χ1n) is 19.5. The summed E-state index contributed by atoms with van der Waals surface area (Å²) in [6, 6.07) is 14.2. The summed E-state index contributed by atoms with van der Waals surface area (Å²) in [6.45, 7) is 20.9. The zero-order valence-electron chi connectivity index (χ0n) is 34.2. The molecule has 1 amide bonds. The highest BCUT2D eigenvalue weighted by atomic mass is 35.5. The van der Waals surface area contributed by atoms with E-state index in [4.69, 9.17) is 37.8 Å². The number of H-pyrrole nitrogens is 1. The lowest BCUT2D eigenvalue weighted by Crippen LogP contribution is -2.43. The van der Waals surface area contributed by atoms with Crippen LogP contribution in [0.2, 0.25) is 35.7 Å². The summed E-state index contributed by atoms with van der Waals surface area (Å²) in [5, 5.41) is 17.7. The van der Waals surface area contributed by atoms with Crippen LogP contribution >= 0.6 is 23.2 Å². The number of aryl methyl sites for hydroxylation is 5. The number of anilines is 1. The number of aromatic nitrogens is 4. The van der Waals surface area contributed by atoms with Crippen LogP contribution in [0.25, 0.3) is 32.9 Å². The SMILES string of the molecule is Cc1cc(N2CC(C)n3c(c(CCCOc4cc(C)c(Cl)c(C)c4)c4ccc(Cl)c(-c5c(C)nn(COCC[Si](C)(C)C)c5C)c43)C2=O)c2[nH]c(C(=O)O)cc2c1. The molecule has 0 aliphatic carbocycles. The second-order valence-electron chi connectivity index (χ2n) is 16.7. The van der Waals surface area contributed by atoms with Crippen LogP contribution in [0.15, 0.2) is 42.5 Å². The maximum atomic E-state index is 15.2. The van der Waals surface area contributed by atoms with E-state index < -0.39 is 14.0 Å². The van der Waals surface area contributed by atoms with Crippen molar-refractivity contribution in [1.82, 2.24) is 19.3 Å². The van der Waals surface area contributed by atoms with Gasteiger partial charge in [-0.15, -0.1) is 0 Å². The predicted molar refractivity (Wildman–Crippen MR) is 233 cm³/mol. The number of carbonyl (C=O) groups is 2. The number of fused-ring (bicyclic) bond motifs is 4. The van der Waals surface area contributed by atoms with Gasteiger partial charge in [0, 0.05) is 59.9 Å². The van der Waals surface area contributed by atoms with E-state index >= 15 is 4.79 Å². The Morgan fingerprint density at radius 2 is 1.72 bits per heavy atom. The van der Waals surface area contributed by atoms with E-state index in [1.807, 2.05) is 75.7 Å². The van der Waals surface area contributed by atoms with Crippen molar-refractivity contribution in [2.24, 2.45) is 0 Å². The van der Waals surface area contributed by atoms with Crippen LogP contribution in [0.1, 0.15) is 74.0 Å². The first-order valence-corrected chi connectivity index (χ1v) is 24.0. The van der Waals surface area contributed by atoms with Gasteiger partial charge in [-0.25, -0.2) is 9.48 Å². The molecule has 0 spiro atoms. The van der Waals surface area contributed by atoms with Gasteiger partial charge >= 0.3 is 5.97 Å². The minimum atomic E-state index is -1.26. The minimum absolute atomic E-state index is 0.0715. The molecule has 1 aliphatic heterocycles. The lowest BCUT2D eigenvalue weighted by Gasteiger charge is -2.34. The summed E-state index contributed by atoms with van der Waals surface area (Å²) in [5.74, 6) is -0.464. The van der Waals surface area contributed by atoms with E-state index in [2.05, 4.69) is 36.1 Å². The normalized spacial score (nSPS) is 14.6. The third-order valence-electron chi connectivity index (χ3n) is 11.0. The van der Waals surface area contributed by atoms with E-state index in [1.54, 1.807) is 11.0 Å². The molecule has 0 radical (unpaired) electrons. The average Bonchev–Trinajstić information content (AvgIpc) is 3.80. The van der Waals surface area contributed by atoms with Crippen molar-refractivity contribution in [2.45, 2.75) is 92.8 Å². The summed E-state index contributed by atoms with van der Waals surface area (Å²) < 4.78 is 16.5. The Balaban J connectivity index is 1.34. The molecule has 7 rings (SSSR count). The van der Waals surface area contributed by atoms with Crippen molar-refractivity contribution in [3.05, 3.63) is 97.5 Å². The molecule has 13 heteroatoms. The Bertz CT molecular complexity index is 2540. The predicted octanol–water partition coefficient (Wildman–Crippen LogP) is 11.1. The first kappa shape index (κ1) is 40.6. The number of rotatable bonds is 13. The Kier molecular flexibility index (Phi) is 11.2. The summed E-state index contributed by atoms with van der Waals surface area (Å²) in [4.78, 5) is 32.0. The molecule has 2 N–H and O–H groups in total. The third-order valence-corrected chi connectivity index (χ3v) is 13.6. The number of nitrogens with one attached hydrogen (secondary N) is 1. The summed E-state index contributed by atoms with van der Waals surface area (Å²) >= 11 is 13.6. The number of nitrogens with zero attached hydrogens (tertiary/aromatic N) is 4. The minimum Gasteiger partial charge on any atom is -0.494 e. The molecule has 57 heavy (non-hydrogen) atoms. The van der Waals surface area contributed by atoms with Gasteiger partial charge in [0.2, 0.25) is 0 Å². The van der Waals surface area contributed by atoms with Crippen LogP contribution in [0.5, 0.6) is 5.75 Å². The van der Waals surface area contributed by atoms with Gasteiger partial charge in [0.1, 0.15) is 23.9 Å². The lowest BCUT2D eigenvalue weighted by molar-refractivity contribution is 0.0691. The van der Waals surface area contributed by atoms with Crippen LogP contribution in [-0.2, 0) is 17.9 Å². The number of halogens is 2. The van der Waals surface area contributed by atoms with Gasteiger partial charge < -0.3 is 29.0 Å². The maximum Gasteiger partial charge on any atom is 0.352 e. The van der Waals surface area contributed by atoms with Gasteiger partial charge in [-0.05, 0) is 119 Å². The zero-order chi connectivity index (χ0) is 41.1. The van der Waals surface area contributed by atoms with E-state index in [-0.39, 0.29) is 17.6 Å². The van der Waals surface area contributed by atoms with Crippen molar-refractivity contribution < 1.29 is 24.2 Å². The van der Waals surface area contributed by atoms with Crippen molar-refractivity contribution >= 4 is 70.6 Å². The number of carbonyl (C=O) groups excluding carboxylic acids is 1. The van der Waals surface area contributed by atoms with E-state index in [0.29, 0.717) is 61.3 Å². The zero-order valence-corrected chi connectivity index (χ0v) is 36.7. The van der Waals surface area contributed by atoms with Crippen LogP contribution in [0.3, 0.4) is 0 Å². The van der Waals surface area contributed by atoms with Crippen LogP contribution in [-0.4, -0.2) is 64.1 Å². The number of hydrogen-bond acceptors (Lipinski definition) is 5. The number of amides is 1. The molecule has 0 saturated carbocycles. The summed E-state index contributed by atoms with van der Waals surface area (Å²) in [5.41, 5.74) is 10.1. The number of hydrogen-bond donors (Lipinski definition) is 2. The summed E-state index contributed by atoms with van der Waals surface area (Å²) in [6.07, 6.45) is 1.21. The number of aromatic carboxylic acids is 1. The van der Waals surface area contributed by atoms with Gasteiger partial charge in [-0.1, -0.05) is 48.9 Å². The average molecular weight is 829 g/mol. The molecule has 0 fully saturated rings. The molecule has 10 nitrogen and oxygen atoms in total. The quantitative estimate of drug-likeness (QED) is 0.0885. The van der Waals surface area contributed by atoms with E-state index in [9.17, 15) is 9.90 Å². The smallest absolute Gasteiger partial charge is 0.352 e. The molecule has 1 atom stereocenters. The molecule has 3 aromatic heterocycles. The van der Waals surface area contributed by atoms with Gasteiger partial charge in [0.25, 0.3) is 5.91 Å². The van der Waals surface area contributed by atoms with Gasteiger partial charge in [-0.3, -0.25) is 4.79 Å². The Hall–Kier alpha value is -4.55. The molecular formula is C44H51Cl2N5O5Si. The standard InChI is InChI=1S/C44H51Cl2N5O5Si/c1-24-17-30-21-35(44(53)54)47-40(30)36(18-24)49-22-27(4)51-41-33(32(42(51)43(49)52)11-10-14-56-31-19-25(2)39(46)26(3)20-31)12-13-34(45)38(41)37-28(5)48-50(29(37)6)23-55-15-16-57(7,8)9/h12-13,17-21,27,47H,10-11,14-16,22-23H2,1-9H3,(H,53,54). The second-order valence-corrected chi connectivity index (χ2v) is 23.1. The Morgan fingerprint density at radius 1 is 1.00 bits per heavy atom. The lowest BCUT2D eigenvalue weighted by atomic mass is 9.98. The van der Waals surface area contributed by atoms with Crippen molar-refractivity contribution in [3.63, 3.8) is 0 Å². The molecule has 4 heterocycles. The van der Waals surface area contributed by atoms with Crippen molar-refractivity contribution in [3.8, 4) is 16.9 Å². The first-order chi connectivity index (χ1) is 26.9. The Morgan fingerprint density at radius 3 is 2.40 bits per heavy atom. The molecule has 0 bridgehead atoms. The molecule has 1 unspecified atom stereocenters. The van der Waals surface area contributed by atoms with E-state index in [1.165, 1.54) is 0 Å². The molecule has 1 aliphatic rings. The molecule has 0 saturated heterocycles. The van der Waals surface area contributed by atoms with Gasteiger partial charge in [-0.2, -0.15) is 5.10 Å². The molecule has 3 aromatic carbocycles.